The van der Waals surface area contributed by atoms with Gasteiger partial charge in [0.05, 0.1) is 13.2 Å². The molecule has 5 nitrogen and oxygen atoms in total. The third kappa shape index (κ3) is 4.30. The minimum absolute atomic E-state index is 0.0787. The number of ether oxygens (including phenoxy) is 1. The Morgan fingerprint density at radius 2 is 2.26 bits per heavy atom. The topological polar surface area (TPSA) is 54.5 Å². The Bertz CT molecular complexity index is 639. The fraction of sp³-hybridized carbons (Fsp3) is 0.412. The standard InChI is InChI=1S/C17H21N3O2S/c1-13(11-15-3-2-10-23-15)19-17(21)16-12-14(4-5-18-16)20-6-8-22-9-7-20/h2-5,10,12-13H,6-9,11H2,1H3,(H,19,21). The summed E-state index contributed by atoms with van der Waals surface area (Å²) in [7, 11) is 0. The number of aromatic nitrogens is 1. The summed E-state index contributed by atoms with van der Waals surface area (Å²) in [4.78, 5) is 20.1. The molecule has 1 aliphatic rings. The second-order valence-corrected chi connectivity index (χ2v) is 6.69. The highest BCUT2D eigenvalue weighted by Gasteiger charge is 2.16. The maximum atomic E-state index is 12.4. The molecule has 0 aromatic carbocycles. The van der Waals surface area contributed by atoms with Crippen LogP contribution in [-0.2, 0) is 11.2 Å². The fourth-order valence-corrected chi connectivity index (χ4v) is 3.48. The van der Waals surface area contributed by atoms with Crippen molar-refractivity contribution in [2.75, 3.05) is 31.2 Å². The molecule has 2 aromatic rings. The molecule has 1 atom stereocenters. The number of morpholine rings is 1. The van der Waals surface area contributed by atoms with Crippen molar-refractivity contribution >= 4 is 22.9 Å². The number of anilines is 1. The van der Waals surface area contributed by atoms with E-state index in [-0.39, 0.29) is 11.9 Å². The van der Waals surface area contributed by atoms with Gasteiger partial charge in [-0.25, -0.2) is 0 Å². The lowest BCUT2D eigenvalue weighted by atomic mass is 10.2. The van der Waals surface area contributed by atoms with Crippen LogP contribution < -0.4 is 10.2 Å². The van der Waals surface area contributed by atoms with Crippen molar-refractivity contribution < 1.29 is 9.53 Å². The van der Waals surface area contributed by atoms with Crippen LogP contribution in [0.5, 0.6) is 0 Å². The largest absolute Gasteiger partial charge is 0.378 e. The molecule has 0 radical (unpaired) electrons. The molecule has 1 N–H and O–H groups in total. The zero-order valence-electron chi connectivity index (χ0n) is 13.2. The SMILES string of the molecule is CC(Cc1cccs1)NC(=O)c1cc(N2CCOCC2)ccn1. The van der Waals surface area contributed by atoms with Crippen LogP contribution in [0.4, 0.5) is 5.69 Å². The molecule has 3 heterocycles. The zero-order valence-corrected chi connectivity index (χ0v) is 14.0. The van der Waals surface area contributed by atoms with Gasteiger partial charge < -0.3 is 15.0 Å². The van der Waals surface area contributed by atoms with Crippen LogP contribution in [0.15, 0.2) is 35.8 Å². The lowest BCUT2D eigenvalue weighted by Gasteiger charge is -2.28. The number of carbonyl (C=O) groups is 1. The monoisotopic (exact) mass is 331 g/mol. The van der Waals surface area contributed by atoms with Gasteiger partial charge in [-0.05, 0) is 30.5 Å². The Balaban J connectivity index is 1.62. The summed E-state index contributed by atoms with van der Waals surface area (Å²) in [5.41, 5.74) is 1.49. The summed E-state index contributed by atoms with van der Waals surface area (Å²) in [5.74, 6) is -0.121. The number of hydrogen-bond donors (Lipinski definition) is 1. The molecule has 0 spiro atoms. The number of carbonyl (C=O) groups excluding carboxylic acids is 1. The second kappa shape index (κ2) is 7.57. The first kappa shape index (κ1) is 16.0. The predicted molar refractivity (Wildman–Crippen MR) is 92.2 cm³/mol. The van der Waals surface area contributed by atoms with Gasteiger partial charge in [0.2, 0.25) is 0 Å². The number of hydrogen-bond acceptors (Lipinski definition) is 5. The highest BCUT2D eigenvalue weighted by Crippen LogP contribution is 2.16. The first-order valence-electron chi connectivity index (χ1n) is 7.84. The Morgan fingerprint density at radius 1 is 1.43 bits per heavy atom. The molecular formula is C17H21N3O2S. The summed E-state index contributed by atoms with van der Waals surface area (Å²) in [6.07, 6.45) is 2.54. The molecule has 0 aliphatic carbocycles. The van der Waals surface area contributed by atoms with Gasteiger partial charge in [0.1, 0.15) is 5.69 Å². The van der Waals surface area contributed by atoms with Gasteiger partial charge in [-0.1, -0.05) is 6.07 Å². The molecule has 122 valence electrons. The Morgan fingerprint density at radius 3 is 3.00 bits per heavy atom. The van der Waals surface area contributed by atoms with Gasteiger partial charge in [-0.2, -0.15) is 0 Å². The molecule has 1 amide bonds. The van der Waals surface area contributed by atoms with E-state index in [9.17, 15) is 4.79 Å². The van der Waals surface area contributed by atoms with E-state index in [0.717, 1.165) is 38.4 Å². The van der Waals surface area contributed by atoms with Crippen molar-refractivity contribution in [2.45, 2.75) is 19.4 Å². The van der Waals surface area contributed by atoms with Crippen molar-refractivity contribution in [3.05, 3.63) is 46.4 Å². The van der Waals surface area contributed by atoms with Crippen LogP contribution in [0.1, 0.15) is 22.3 Å². The molecule has 0 saturated carbocycles. The van der Waals surface area contributed by atoms with E-state index < -0.39 is 0 Å². The van der Waals surface area contributed by atoms with Gasteiger partial charge in [0, 0.05) is 42.3 Å². The quantitative estimate of drug-likeness (QED) is 0.914. The molecule has 0 bridgehead atoms. The summed E-state index contributed by atoms with van der Waals surface area (Å²) in [6, 6.07) is 8.00. The van der Waals surface area contributed by atoms with Gasteiger partial charge in [0.15, 0.2) is 0 Å². The first-order valence-corrected chi connectivity index (χ1v) is 8.72. The fourth-order valence-electron chi connectivity index (χ4n) is 2.64. The van der Waals surface area contributed by atoms with Crippen molar-refractivity contribution in [3.8, 4) is 0 Å². The first-order chi connectivity index (χ1) is 11.2. The normalized spacial score (nSPS) is 16.1. The summed E-state index contributed by atoms with van der Waals surface area (Å²) < 4.78 is 5.37. The van der Waals surface area contributed by atoms with E-state index >= 15 is 0 Å². The molecule has 2 aromatic heterocycles. The maximum absolute atomic E-state index is 12.4. The third-order valence-corrected chi connectivity index (χ3v) is 4.72. The molecule has 1 saturated heterocycles. The number of thiophene rings is 1. The minimum Gasteiger partial charge on any atom is -0.378 e. The Labute approximate surface area is 140 Å². The summed E-state index contributed by atoms with van der Waals surface area (Å²) in [5, 5.41) is 5.08. The maximum Gasteiger partial charge on any atom is 0.270 e. The van der Waals surface area contributed by atoms with Gasteiger partial charge in [0.25, 0.3) is 5.91 Å². The Hall–Kier alpha value is -1.92. The van der Waals surface area contributed by atoms with E-state index in [4.69, 9.17) is 4.74 Å². The minimum atomic E-state index is -0.121. The summed E-state index contributed by atoms with van der Waals surface area (Å²) in [6.45, 7) is 5.16. The van der Waals surface area contributed by atoms with E-state index in [2.05, 4.69) is 26.6 Å². The molecule has 1 unspecified atom stereocenters. The summed E-state index contributed by atoms with van der Waals surface area (Å²) >= 11 is 1.71. The third-order valence-electron chi connectivity index (χ3n) is 3.82. The molecular weight excluding hydrogens is 310 g/mol. The van der Waals surface area contributed by atoms with Crippen LogP contribution >= 0.6 is 11.3 Å². The van der Waals surface area contributed by atoms with Crippen molar-refractivity contribution in [1.29, 1.82) is 0 Å². The number of amides is 1. The molecule has 3 rings (SSSR count). The van der Waals surface area contributed by atoms with E-state index in [1.165, 1.54) is 4.88 Å². The highest BCUT2D eigenvalue weighted by atomic mass is 32.1. The lowest BCUT2D eigenvalue weighted by molar-refractivity contribution is 0.0935. The average molecular weight is 331 g/mol. The van der Waals surface area contributed by atoms with Crippen molar-refractivity contribution in [2.24, 2.45) is 0 Å². The van der Waals surface area contributed by atoms with Gasteiger partial charge >= 0.3 is 0 Å². The number of rotatable bonds is 5. The molecule has 23 heavy (non-hydrogen) atoms. The van der Waals surface area contributed by atoms with Crippen LogP contribution in [0.25, 0.3) is 0 Å². The number of nitrogens with zero attached hydrogens (tertiary/aromatic N) is 2. The van der Waals surface area contributed by atoms with Crippen LogP contribution in [-0.4, -0.2) is 43.2 Å². The van der Waals surface area contributed by atoms with Crippen LogP contribution in [0, 0.1) is 0 Å². The number of pyridine rings is 1. The smallest absolute Gasteiger partial charge is 0.270 e. The second-order valence-electron chi connectivity index (χ2n) is 5.66. The van der Waals surface area contributed by atoms with Crippen LogP contribution in [0.2, 0.25) is 0 Å². The van der Waals surface area contributed by atoms with Gasteiger partial charge in [-0.15, -0.1) is 11.3 Å². The van der Waals surface area contributed by atoms with Crippen LogP contribution in [0.3, 0.4) is 0 Å². The van der Waals surface area contributed by atoms with E-state index in [1.807, 2.05) is 25.1 Å². The zero-order chi connectivity index (χ0) is 16.1. The van der Waals surface area contributed by atoms with Gasteiger partial charge in [-0.3, -0.25) is 9.78 Å². The Kier molecular flexibility index (Phi) is 5.25. The van der Waals surface area contributed by atoms with E-state index in [1.54, 1.807) is 17.5 Å². The molecule has 6 heteroatoms. The average Bonchev–Trinajstić information content (AvgIpc) is 3.08. The van der Waals surface area contributed by atoms with E-state index in [0.29, 0.717) is 5.69 Å². The highest BCUT2D eigenvalue weighted by molar-refractivity contribution is 7.09. The predicted octanol–water partition coefficient (Wildman–Crippen LogP) is 2.34. The molecule has 1 fully saturated rings. The van der Waals surface area contributed by atoms with Crippen molar-refractivity contribution in [3.63, 3.8) is 0 Å². The van der Waals surface area contributed by atoms with Crippen molar-refractivity contribution in [1.82, 2.24) is 10.3 Å². The number of nitrogens with one attached hydrogen (secondary N) is 1. The lowest BCUT2D eigenvalue weighted by Crippen LogP contribution is -2.37. The molecule has 1 aliphatic heterocycles.